The van der Waals surface area contributed by atoms with Crippen LogP contribution in [-0.2, 0) is 16.0 Å². The van der Waals surface area contributed by atoms with E-state index in [2.05, 4.69) is 10.1 Å². The fourth-order valence-corrected chi connectivity index (χ4v) is 1.93. The molecule has 2 rings (SSSR count). The molecule has 0 atom stereocenters. The summed E-state index contributed by atoms with van der Waals surface area (Å²) in [5.74, 6) is -0.756. The Hall–Kier alpha value is -2.56. The van der Waals surface area contributed by atoms with Gasteiger partial charge in [-0.3, -0.25) is 4.79 Å². The van der Waals surface area contributed by atoms with Crippen LogP contribution < -0.4 is 10.8 Å². The second-order valence-electron chi connectivity index (χ2n) is 4.51. The summed E-state index contributed by atoms with van der Waals surface area (Å²) in [6.07, 6.45) is 0.228. The lowest BCUT2D eigenvalue weighted by molar-refractivity contribution is -0.115. The molecular weight excluding hydrogens is 265 g/mol. The second kappa shape index (κ2) is 6.75. The van der Waals surface area contributed by atoms with Crippen molar-refractivity contribution in [2.24, 2.45) is 0 Å². The first-order valence-corrected chi connectivity index (χ1v) is 6.42. The Labute approximate surface area is 124 Å². The minimum Gasteiger partial charge on any atom is -0.465 e. The predicted octanol–water partition coefficient (Wildman–Crippen LogP) is 1.45. The molecule has 0 bridgehead atoms. The van der Waals surface area contributed by atoms with E-state index < -0.39 is 5.97 Å². The fourth-order valence-electron chi connectivity index (χ4n) is 1.93. The van der Waals surface area contributed by atoms with Crippen LogP contribution in [0.15, 0.2) is 48.5 Å². The van der Waals surface area contributed by atoms with Crippen molar-refractivity contribution in [3.8, 4) is 0 Å². The second-order valence-corrected chi connectivity index (χ2v) is 4.51. The summed E-state index contributed by atoms with van der Waals surface area (Å²) in [6.45, 7) is 0. The Morgan fingerprint density at radius 2 is 1.86 bits per heavy atom. The number of rotatable bonds is 4. The molecule has 0 spiro atoms. The molecule has 2 aromatic carbocycles. The highest BCUT2D eigenvalue weighted by Crippen LogP contribution is 2.15. The number of benzene rings is 2. The largest absolute Gasteiger partial charge is 0.465 e. The van der Waals surface area contributed by atoms with Crippen molar-refractivity contribution in [1.29, 1.82) is 0 Å². The zero-order valence-electron chi connectivity index (χ0n) is 11.6. The lowest BCUT2D eigenvalue weighted by atomic mass is 9.93. The van der Waals surface area contributed by atoms with Crippen LogP contribution in [0.5, 0.6) is 0 Å². The van der Waals surface area contributed by atoms with Gasteiger partial charge in [0.15, 0.2) is 0 Å². The number of carbonyl (C=O) groups is 2. The minimum atomic E-state index is -0.544. The molecule has 2 radical (unpaired) electrons. The van der Waals surface area contributed by atoms with Gasteiger partial charge in [0.05, 0.1) is 24.8 Å². The zero-order chi connectivity index (χ0) is 15.2. The van der Waals surface area contributed by atoms with Gasteiger partial charge in [-0.25, -0.2) is 4.79 Å². The van der Waals surface area contributed by atoms with Crippen molar-refractivity contribution in [2.75, 3.05) is 12.4 Å². The lowest BCUT2D eigenvalue weighted by Gasteiger charge is -2.11. The van der Waals surface area contributed by atoms with Crippen LogP contribution >= 0.6 is 0 Å². The van der Waals surface area contributed by atoms with Crippen molar-refractivity contribution in [3.05, 3.63) is 59.7 Å². The minimum absolute atomic E-state index is 0.212. The molecule has 0 unspecified atom stereocenters. The molecule has 4 nitrogen and oxygen atoms in total. The Morgan fingerprint density at radius 3 is 2.52 bits per heavy atom. The van der Waals surface area contributed by atoms with Gasteiger partial charge in [0.25, 0.3) is 0 Å². The van der Waals surface area contributed by atoms with E-state index in [9.17, 15) is 9.59 Å². The van der Waals surface area contributed by atoms with Gasteiger partial charge in [-0.05, 0) is 11.6 Å². The Bertz CT molecular complexity index is 656. The van der Waals surface area contributed by atoms with Gasteiger partial charge in [0.2, 0.25) is 5.91 Å². The third-order valence-corrected chi connectivity index (χ3v) is 2.93. The van der Waals surface area contributed by atoms with Gasteiger partial charge in [-0.15, -0.1) is 0 Å². The first-order chi connectivity index (χ1) is 10.1. The van der Waals surface area contributed by atoms with Crippen LogP contribution in [0.2, 0.25) is 0 Å². The maximum Gasteiger partial charge on any atom is 0.339 e. The number of amides is 1. The van der Waals surface area contributed by atoms with Crippen LogP contribution in [-0.4, -0.2) is 26.8 Å². The standard InChI is InChI=1S/C16H14BNO3/c1-21-16(20)13-10-12(17)7-8-14(13)18-15(19)9-11-5-3-2-4-6-11/h2-8,10H,9H2,1H3,(H,18,19). The molecule has 1 N–H and O–H groups in total. The van der Waals surface area contributed by atoms with E-state index >= 15 is 0 Å². The van der Waals surface area contributed by atoms with E-state index in [0.717, 1.165) is 5.56 Å². The third-order valence-electron chi connectivity index (χ3n) is 2.93. The van der Waals surface area contributed by atoms with E-state index in [1.807, 2.05) is 30.3 Å². The summed E-state index contributed by atoms with van der Waals surface area (Å²) in [7, 11) is 6.93. The monoisotopic (exact) mass is 279 g/mol. The molecule has 0 saturated heterocycles. The summed E-state index contributed by atoms with van der Waals surface area (Å²) >= 11 is 0. The first-order valence-electron chi connectivity index (χ1n) is 6.42. The van der Waals surface area contributed by atoms with E-state index in [-0.39, 0.29) is 17.9 Å². The molecule has 0 aliphatic rings. The van der Waals surface area contributed by atoms with Gasteiger partial charge < -0.3 is 10.1 Å². The number of hydrogen-bond acceptors (Lipinski definition) is 3. The Morgan fingerprint density at radius 1 is 1.14 bits per heavy atom. The van der Waals surface area contributed by atoms with Crippen LogP contribution in [0.1, 0.15) is 15.9 Å². The molecule has 0 saturated carbocycles. The number of esters is 1. The molecule has 104 valence electrons. The normalized spacial score (nSPS) is 9.95. The van der Waals surface area contributed by atoms with E-state index in [1.54, 1.807) is 12.1 Å². The Balaban J connectivity index is 2.15. The van der Waals surface area contributed by atoms with Crippen LogP contribution in [0.3, 0.4) is 0 Å². The highest BCUT2D eigenvalue weighted by molar-refractivity contribution is 6.33. The molecule has 5 heteroatoms. The predicted molar refractivity (Wildman–Crippen MR) is 81.9 cm³/mol. The van der Waals surface area contributed by atoms with Crippen molar-refractivity contribution < 1.29 is 14.3 Å². The fraction of sp³-hybridized carbons (Fsp3) is 0.125. The molecule has 21 heavy (non-hydrogen) atoms. The van der Waals surface area contributed by atoms with E-state index in [1.165, 1.54) is 13.2 Å². The number of carbonyl (C=O) groups excluding carboxylic acids is 2. The van der Waals surface area contributed by atoms with Gasteiger partial charge in [-0.2, -0.15) is 0 Å². The summed E-state index contributed by atoms with van der Waals surface area (Å²) in [6, 6.07) is 14.0. The zero-order valence-corrected chi connectivity index (χ0v) is 11.6. The molecule has 1 amide bonds. The van der Waals surface area contributed by atoms with Gasteiger partial charge in [-0.1, -0.05) is 47.9 Å². The average molecular weight is 279 g/mol. The van der Waals surface area contributed by atoms with Crippen LogP contribution in [0, 0.1) is 0 Å². The molecule has 2 aromatic rings. The topological polar surface area (TPSA) is 55.4 Å². The van der Waals surface area contributed by atoms with Crippen molar-refractivity contribution in [2.45, 2.75) is 6.42 Å². The summed E-state index contributed by atoms with van der Waals surface area (Å²) in [4.78, 5) is 23.7. The van der Waals surface area contributed by atoms with Crippen molar-refractivity contribution in [1.82, 2.24) is 0 Å². The maximum atomic E-state index is 12.0. The highest BCUT2D eigenvalue weighted by atomic mass is 16.5. The van der Waals surface area contributed by atoms with Crippen molar-refractivity contribution >= 4 is 30.9 Å². The summed E-state index contributed by atoms with van der Waals surface area (Å²) < 4.78 is 4.69. The van der Waals surface area contributed by atoms with Gasteiger partial charge in [0.1, 0.15) is 7.85 Å². The highest BCUT2D eigenvalue weighted by Gasteiger charge is 2.14. The maximum absolute atomic E-state index is 12.0. The average Bonchev–Trinajstić information content (AvgIpc) is 2.49. The number of anilines is 1. The van der Waals surface area contributed by atoms with E-state index in [0.29, 0.717) is 11.2 Å². The number of methoxy groups -OCH3 is 1. The van der Waals surface area contributed by atoms with Crippen LogP contribution in [0.25, 0.3) is 0 Å². The van der Waals surface area contributed by atoms with Crippen molar-refractivity contribution in [3.63, 3.8) is 0 Å². The Kier molecular flexibility index (Phi) is 4.77. The number of nitrogens with one attached hydrogen (secondary N) is 1. The molecule has 0 fully saturated rings. The number of hydrogen-bond donors (Lipinski definition) is 1. The summed E-state index contributed by atoms with van der Waals surface area (Å²) in [5.41, 5.74) is 1.94. The van der Waals surface area contributed by atoms with Gasteiger partial charge in [0, 0.05) is 0 Å². The van der Waals surface area contributed by atoms with Gasteiger partial charge >= 0.3 is 5.97 Å². The number of ether oxygens (including phenoxy) is 1. The SMILES string of the molecule is [B]c1ccc(NC(=O)Cc2ccccc2)c(C(=O)OC)c1. The molecule has 0 aliphatic carbocycles. The molecule has 0 aliphatic heterocycles. The lowest BCUT2D eigenvalue weighted by Crippen LogP contribution is -2.19. The first kappa shape index (κ1) is 14.8. The third kappa shape index (κ3) is 3.95. The smallest absolute Gasteiger partial charge is 0.339 e. The van der Waals surface area contributed by atoms with E-state index in [4.69, 9.17) is 7.85 Å². The molecule has 0 aromatic heterocycles. The quantitative estimate of drug-likeness (QED) is 0.680. The van der Waals surface area contributed by atoms with Crippen LogP contribution in [0.4, 0.5) is 5.69 Å². The molecule has 0 heterocycles. The summed E-state index contributed by atoms with van der Waals surface area (Å²) in [5, 5.41) is 2.71. The molecular formula is C16H14BNO3.